The molecule has 1 aromatic heterocycles. The summed E-state index contributed by atoms with van der Waals surface area (Å²) in [5.74, 6) is 0.281. The second kappa shape index (κ2) is 2.37. The van der Waals surface area contributed by atoms with Crippen LogP contribution >= 0.6 is 0 Å². The molecule has 1 aromatic rings. The molecule has 1 heterocycles. The Bertz CT molecular complexity index is 285. The number of furan rings is 1. The van der Waals surface area contributed by atoms with Gasteiger partial charge in [0, 0.05) is 5.54 Å². The molecule has 1 amide bonds. The quantitative estimate of drug-likeness (QED) is 0.722. The van der Waals surface area contributed by atoms with Gasteiger partial charge in [-0.2, -0.15) is 0 Å². The summed E-state index contributed by atoms with van der Waals surface area (Å²) in [6.07, 6.45) is 3.64. The summed E-state index contributed by atoms with van der Waals surface area (Å²) in [6.45, 7) is 2.04. The largest absolute Gasteiger partial charge is 0.459 e. The predicted octanol–water partition coefficient (Wildman–Crippen LogP) is 1.56. The molecule has 0 bridgehead atoms. The van der Waals surface area contributed by atoms with Crippen molar-refractivity contribution >= 4 is 5.91 Å². The van der Waals surface area contributed by atoms with Gasteiger partial charge in [-0.3, -0.25) is 4.79 Å². The third-order valence-corrected chi connectivity index (χ3v) is 2.16. The minimum atomic E-state index is -0.111. The van der Waals surface area contributed by atoms with Gasteiger partial charge in [0.25, 0.3) is 5.91 Å². The van der Waals surface area contributed by atoms with E-state index in [1.807, 2.05) is 6.92 Å². The van der Waals surface area contributed by atoms with E-state index >= 15 is 0 Å². The van der Waals surface area contributed by atoms with Crippen LogP contribution in [-0.2, 0) is 0 Å². The highest BCUT2D eigenvalue weighted by Gasteiger charge is 2.39. The van der Waals surface area contributed by atoms with Crippen molar-refractivity contribution in [1.29, 1.82) is 0 Å². The van der Waals surface area contributed by atoms with Gasteiger partial charge in [0.05, 0.1) is 6.26 Å². The molecule has 1 saturated carbocycles. The van der Waals surface area contributed by atoms with E-state index < -0.39 is 0 Å². The number of hydrogen-bond donors (Lipinski definition) is 1. The lowest BCUT2D eigenvalue weighted by Crippen LogP contribution is -2.33. The second-order valence-electron chi connectivity index (χ2n) is 3.49. The average molecular weight is 165 g/mol. The fraction of sp³-hybridized carbons (Fsp3) is 0.444. The smallest absolute Gasteiger partial charge is 0.287 e. The molecular weight excluding hydrogens is 154 g/mol. The predicted molar refractivity (Wildman–Crippen MR) is 43.8 cm³/mol. The van der Waals surface area contributed by atoms with Crippen molar-refractivity contribution < 1.29 is 9.21 Å². The Labute approximate surface area is 70.8 Å². The van der Waals surface area contributed by atoms with Gasteiger partial charge in [-0.15, -0.1) is 0 Å². The molecule has 1 fully saturated rings. The minimum Gasteiger partial charge on any atom is -0.459 e. The fourth-order valence-electron chi connectivity index (χ4n) is 1.06. The van der Waals surface area contributed by atoms with Crippen LogP contribution in [0.4, 0.5) is 0 Å². The molecule has 0 spiro atoms. The molecule has 12 heavy (non-hydrogen) atoms. The second-order valence-corrected chi connectivity index (χ2v) is 3.49. The summed E-state index contributed by atoms with van der Waals surface area (Å²) in [6, 6.07) is 3.38. The first-order valence-corrected chi connectivity index (χ1v) is 4.06. The van der Waals surface area contributed by atoms with Gasteiger partial charge in [0.2, 0.25) is 0 Å². The Morgan fingerprint density at radius 3 is 2.92 bits per heavy atom. The molecule has 0 atom stereocenters. The maximum atomic E-state index is 11.4. The van der Waals surface area contributed by atoms with Gasteiger partial charge in [0.15, 0.2) is 5.76 Å². The summed E-state index contributed by atoms with van der Waals surface area (Å²) in [7, 11) is 0. The van der Waals surface area contributed by atoms with Crippen LogP contribution in [0.3, 0.4) is 0 Å². The molecule has 0 aromatic carbocycles. The summed E-state index contributed by atoms with van der Waals surface area (Å²) in [5.41, 5.74) is 0.0316. The van der Waals surface area contributed by atoms with Gasteiger partial charge < -0.3 is 9.73 Å². The Hall–Kier alpha value is -1.25. The van der Waals surface area contributed by atoms with Crippen LogP contribution in [0.15, 0.2) is 22.8 Å². The third kappa shape index (κ3) is 1.35. The molecule has 2 rings (SSSR count). The van der Waals surface area contributed by atoms with Crippen LogP contribution in [0.1, 0.15) is 30.3 Å². The SMILES string of the molecule is CC1(NC(=O)c2ccco2)CC1. The normalized spacial score (nSPS) is 18.8. The number of nitrogens with one attached hydrogen (secondary N) is 1. The summed E-state index contributed by atoms with van der Waals surface area (Å²) in [5, 5.41) is 2.90. The number of amides is 1. The van der Waals surface area contributed by atoms with Gasteiger partial charge in [-0.05, 0) is 31.9 Å². The molecule has 0 aliphatic heterocycles. The van der Waals surface area contributed by atoms with E-state index in [9.17, 15) is 4.79 Å². The van der Waals surface area contributed by atoms with Crippen LogP contribution < -0.4 is 5.32 Å². The van der Waals surface area contributed by atoms with Crippen molar-refractivity contribution in [3.05, 3.63) is 24.2 Å². The lowest BCUT2D eigenvalue weighted by Gasteiger charge is -2.08. The van der Waals surface area contributed by atoms with E-state index in [0.29, 0.717) is 5.76 Å². The molecule has 64 valence electrons. The standard InChI is InChI=1S/C9H11NO2/c1-9(4-5-9)10-8(11)7-3-2-6-12-7/h2-3,6H,4-5H2,1H3,(H,10,11). The lowest BCUT2D eigenvalue weighted by molar-refractivity contribution is 0.0907. The number of carbonyl (C=O) groups excluding carboxylic acids is 1. The van der Waals surface area contributed by atoms with Gasteiger partial charge >= 0.3 is 0 Å². The van der Waals surface area contributed by atoms with Gasteiger partial charge in [-0.1, -0.05) is 0 Å². The van der Waals surface area contributed by atoms with Crippen LogP contribution in [-0.4, -0.2) is 11.4 Å². The molecule has 3 nitrogen and oxygen atoms in total. The van der Waals surface area contributed by atoms with Crippen LogP contribution in [0.5, 0.6) is 0 Å². The monoisotopic (exact) mass is 165 g/mol. The molecule has 1 aliphatic carbocycles. The topological polar surface area (TPSA) is 42.2 Å². The van der Waals surface area contributed by atoms with Crippen molar-refractivity contribution in [3.8, 4) is 0 Å². The van der Waals surface area contributed by atoms with E-state index in [1.165, 1.54) is 6.26 Å². The zero-order valence-electron chi connectivity index (χ0n) is 6.96. The van der Waals surface area contributed by atoms with E-state index in [0.717, 1.165) is 12.8 Å². The van der Waals surface area contributed by atoms with E-state index in [1.54, 1.807) is 12.1 Å². The lowest BCUT2D eigenvalue weighted by atomic mass is 10.3. The first-order valence-electron chi connectivity index (χ1n) is 4.06. The van der Waals surface area contributed by atoms with Gasteiger partial charge in [0.1, 0.15) is 0 Å². The summed E-state index contributed by atoms with van der Waals surface area (Å²) >= 11 is 0. The maximum Gasteiger partial charge on any atom is 0.287 e. The third-order valence-electron chi connectivity index (χ3n) is 2.16. The molecule has 0 unspecified atom stereocenters. The van der Waals surface area contributed by atoms with E-state index in [2.05, 4.69) is 5.32 Å². The highest BCUT2D eigenvalue weighted by Crippen LogP contribution is 2.34. The van der Waals surface area contributed by atoms with Gasteiger partial charge in [-0.25, -0.2) is 0 Å². The fourth-order valence-corrected chi connectivity index (χ4v) is 1.06. The Kier molecular flexibility index (Phi) is 1.46. The Balaban J connectivity index is 2.02. The Morgan fingerprint density at radius 1 is 1.67 bits per heavy atom. The highest BCUT2D eigenvalue weighted by atomic mass is 16.3. The number of rotatable bonds is 2. The molecule has 3 heteroatoms. The minimum absolute atomic E-state index is 0.0316. The van der Waals surface area contributed by atoms with Crippen LogP contribution in [0.2, 0.25) is 0 Å². The van der Waals surface area contributed by atoms with Crippen molar-refractivity contribution in [1.82, 2.24) is 5.32 Å². The molecule has 0 radical (unpaired) electrons. The first-order chi connectivity index (χ1) is 5.70. The zero-order chi connectivity index (χ0) is 8.60. The maximum absolute atomic E-state index is 11.4. The average Bonchev–Trinajstić information content (AvgIpc) is 2.55. The molecular formula is C9H11NO2. The number of hydrogen-bond acceptors (Lipinski definition) is 2. The van der Waals surface area contributed by atoms with Crippen molar-refractivity contribution in [3.63, 3.8) is 0 Å². The van der Waals surface area contributed by atoms with Crippen molar-refractivity contribution in [2.75, 3.05) is 0 Å². The Morgan fingerprint density at radius 2 is 2.42 bits per heavy atom. The van der Waals surface area contributed by atoms with E-state index in [4.69, 9.17) is 4.42 Å². The van der Waals surface area contributed by atoms with Crippen LogP contribution in [0.25, 0.3) is 0 Å². The van der Waals surface area contributed by atoms with Crippen LogP contribution in [0, 0.1) is 0 Å². The van der Waals surface area contributed by atoms with E-state index in [-0.39, 0.29) is 11.4 Å². The molecule has 1 aliphatic rings. The summed E-state index contributed by atoms with van der Waals surface area (Å²) in [4.78, 5) is 11.4. The highest BCUT2D eigenvalue weighted by molar-refractivity contribution is 5.92. The summed E-state index contributed by atoms with van der Waals surface area (Å²) < 4.78 is 4.96. The molecule has 0 saturated heterocycles. The van der Waals surface area contributed by atoms with Crippen molar-refractivity contribution in [2.24, 2.45) is 0 Å². The zero-order valence-corrected chi connectivity index (χ0v) is 6.96. The number of carbonyl (C=O) groups is 1. The molecule has 1 N–H and O–H groups in total. The van der Waals surface area contributed by atoms with Crippen molar-refractivity contribution in [2.45, 2.75) is 25.3 Å². The first kappa shape index (κ1) is 7.40.